The zero-order chi connectivity index (χ0) is 19.9. The van der Waals surface area contributed by atoms with E-state index in [0.29, 0.717) is 24.9 Å². The van der Waals surface area contributed by atoms with Crippen molar-refractivity contribution in [1.82, 2.24) is 0 Å². The minimum atomic E-state index is -0.0440. The Kier molecular flexibility index (Phi) is 7.01. The summed E-state index contributed by atoms with van der Waals surface area (Å²) < 4.78 is 6.17. The van der Waals surface area contributed by atoms with E-state index < -0.39 is 0 Å². The highest BCUT2D eigenvalue weighted by molar-refractivity contribution is 6.03. The highest BCUT2D eigenvalue weighted by Crippen LogP contribution is 2.31. The highest BCUT2D eigenvalue weighted by atomic mass is 16.5. The Morgan fingerprint density at radius 2 is 1.79 bits per heavy atom. The van der Waals surface area contributed by atoms with Crippen molar-refractivity contribution in [1.29, 1.82) is 0 Å². The van der Waals surface area contributed by atoms with Gasteiger partial charge in [0.2, 0.25) is 0 Å². The van der Waals surface area contributed by atoms with Crippen LogP contribution in [-0.4, -0.2) is 17.1 Å². The average Bonchev–Trinajstić information content (AvgIpc) is 2.73. The molecule has 2 aromatic rings. The van der Waals surface area contributed by atoms with Crippen LogP contribution in [0.15, 0.2) is 66.2 Å². The first kappa shape index (κ1) is 20.3. The second-order valence-electron chi connectivity index (χ2n) is 7.77. The molecule has 0 unspecified atom stereocenters. The maximum absolute atomic E-state index is 12.8. The molecule has 148 valence electrons. The third-order valence-electron chi connectivity index (χ3n) is 5.27. The van der Waals surface area contributed by atoms with Gasteiger partial charge in [-0.05, 0) is 41.5 Å². The Labute approximate surface area is 167 Å². The van der Waals surface area contributed by atoms with Gasteiger partial charge in [-0.25, -0.2) is 0 Å². The molecule has 1 amide bonds. The van der Waals surface area contributed by atoms with Crippen molar-refractivity contribution >= 4 is 11.6 Å². The topological polar surface area (TPSA) is 58.6 Å². The third-order valence-corrected chi connectivity index (χ3v) is 5.27. The number of rotatable bonds is 7. The molecule has 1 aliphatic rings. The smallest absolute Gasteiger partial charge is 0.251 e. The van der Waals surface area contributed by atoms with Gasteiger partial charge in [-0.1, -0.05) is 62.4 Å². The van der Waals surface area contributed by atoms with Gasteiger partial charge >= 0.3 is 0 Å². The number of ether oxygens (including phenoxy) is 1. The van der Waals surface area contributed by atoms with Crippen LogP contribution in [0.5, 0.6) is 0 Å². The quantitative estimate of drug-likeness (QED) is 0.733. The van der Waals surface area contributed by atoms with Crippen LogP contribution in [-0.2, 0) is 22.7 Å². The summed E-state index contributed by atoms with van der Waals surface area (Å²) in [4.78, 5) is 12.8. The van der Waals surface area contributed by atoms with Gasteiger partial charge in [-0.3, -0.25) is 4.79 Å². The van der Waals surface area contributed by atoms with Crippen molar-refractivity contribution in [3.63, 3.8) is 0 Å². The molecular formula is C24H29NO3. The Hall–Kier alpha value is -2.43. The summed E-state index contributed by atoms with van der Waals surface area (Å²) >= 11 is 0. The molecule has 2 N–H and O–H groups in total. The Morgan fingerprint density at radius 1 is 1.11 bits per heavy atom. The number of carbonyl (C=O) groups is 1. The van der Waals surface area contributed by atoms with Gasteiger partial charge in [0, 0.05) is 17.7 Å². The standard InChI is InChI=1S/C24H29NO3/c1-17(2)20-12-21(24(27)25-22-6-4-3-5-7-22)14-23(13-20)28-16-19-10-8-18(15-26)9-11-19/h3-12,17,20,23,26H,13-16H2,1-2H3,(H,25,27)/t20-,23-/m1/s1. The van der Waals surface area contributed by atoms with E-state index in [1.54, 1.807) is 0 Å². The first-order valence-corrected chi connectivity index (χ1v) is 9.92. The summed E-state index contributed by atoms with van der Waals surface area (Å²) in [6, 6.07) is 17.3. The summed E-state index contributed by atoms with van der Waals surface area (Å²) in [5, 5.41) is 12.1. The SMILES string of the molecule is CC(C)[C@@H]1C=C(C(=O)Nc2ccccc2)C[C@H](OCc2ccc(CO)cc2)C1. The van der Waals surface area contributed by atoms with Crippen LogP contribution in [0.25, 0.3) is 0 Å². The van der Waals surface area contributed by atoms with E-state index in [1.807, 2.05) is 54.6 Å². The number of benzene rings is 2. The normalized spacial score (nSPS) is 19.4. The van der Waals surface area contributed by atoms with Crippen molar-refractivity contribution in [2.24, 2.45) is 11.8 Å². The number of para-hydroxylation sites is 1. The first-order valence-electron chi connectivity index (χ1n) is 9.92. The van der Waals surface area contributed by atoms with Gasteiger partial charge < -0.3 is 15.2 Å². The summed E-state index contributed by atoms with van der Waals surface area (Å²) in [5.74, 6) is 0.735. The van der Waals surface area contributed by atoms with Crippen LogP contribution in [0.2, 0.25) is 0 Å². The fraction of sp³-hybridized carbons (Fsp3) is 0.375. The third kappa shape index (κ3) is 5.54. The fourth-order valence-electron chi connectivity index (χ4n) is 3.47. The van der Waals surface area contributed by atoms with Crippen LogP contribution >= 0.6 is 0 Å². The number of nitrogens with one attached hydrogen (secondary N) is 1. The number of hydrogen-bond acceptors (Lipinski definition) is 3. The highest BCUT2D eigenvalue weighted by Gasteiger charge is 2.28. The van der Waals surface area contributed by atoms with Crippen LogP contribution in [0.1, 0.15) is 37.8 Å². The maximum atomic E-state index is 12.8. The zero-order valence-corrected chi connectivity index (χ0v) is 16.6. The van der Waals surface area contributed by atoms with Gasteiger partial charge in [-0.2, -0.15) is 0 Å². The van der Waals surface area contributed by atoms with Crippen LogP contribution in [0, 0.1) is 11.8 Å². The molecule has 4 nitrogen and oxygen atoms in total. The van der Waals surface area contributed by atoms with Crippen molar-refractivity contribution in [3.05, 3.63) is 77.4 Å². The molecular weight excluding hydrogens is 350 g/mol. The van der Waals surface area contributed by atoms with E-state index in [0.717, 1.165) is 28.8 Å². The predicted molar refractivity (Wildman–Crippen MR) is 112 cm³/mol. The lowest BCUT2D eigenvalue weighted by Crippen LogP contribution is -2.29. The molecule has 0 heterocycles. The molecule has 0 radical (unpaired) electrons. The number of amides is 1. The van der Waals surface area contributed by atoms with Gasteiger partial charge in [0.05, 0.1) is 19.3 Å². The minimum Gasteiger partial charge on any atom is -0.392 e. The molecule has 0 saturated heterocycles. The number of carbonyl (C=O) groups excluding carboxylic acids is 1. The van der Waals surface area contributed by atoms with E-state index in [4.69, 9.17) is 9.84 Å². The van der Waals surface area contributed by atoms with E-state index in [2.05, 4.69) is 25.2 Å². The van der Waals surface area contributed by atoms with E-state index in [1.165, 1.54) is 0 Å². The molecule has 2 aromatic carbocycles. The molecule has 0 fully saturated rings. The van der Waals surface area contributed by atoms with Gasteiger partial charge in [0.25, 0.3) is 5.91 Å². The van der Waals surface area contributed by atoms with Crippen molar-refractivity contribution in [2.75, 3.05) is 5.32 Å². The Morgan fingerprint density at radius 3 is 2.43 bits per heavy atom. The van der Waals surface area contributed by atoms with Crippen LogP contribution in [0.3, 0.4) is 0 Å². The molecule has 0 spiro atoms. The number of aliphatic hydroxyl groups excluding tert-OH is 1. The lowest BCUT2D eigenvalue weighted by molar-refractivity contribution is -0.113. The Balaban J connectivity index is 1.64. The zero-order valence-electron chi connectivity index (χ0n) is 16.6. The average molecular weight is 380 g/mol. The second-order valence-corrected chi connectivity index (χ2v) is 7.77. The van der Waals surface area contributed by atoms with Gasteiger partial charge in [0.15, 0.2) is 0 Å². The number of aliphatic hydroxyl groups is 1. The lowest BCUT2D eigenvalue weighted by atomic mass is 9.81. The largest absolute Gasteiger partial charge is 0.392 e. The minimum absolute atomic E-state index is 0.0199. The summed E-state index contributed by atoms with van der Waals surface area (Å²) in [6.07, 6.45) is 3.69. The predicted octanol–water partition coefficient (Wildman–Crippen LogP) is 4.70. The molecule has 2 atom stereocenters. The molecule has 0 aliphatic heterocycles. The summed E-state index contributed by atoms with van der Waals surface area (Å²) in [6.45, 7) is 4.92. The van der Waals surface area contributed by atoms with Crippen molar-refractivity contribution < 1.29 is 14.6 Å². The van der Waals surface area contributed by atoms with Crippen LogP contribution in [0.4, 0.5) is 5.69 Å². The molecule has 0 aromatic heterocycles. The molecule has 4 heteroatoms. The number of hydrogen-bond donors (Lipinski definition) is 2. The van der Waals surface area contributed by atoms with Crippen LogP contribution < -0.4 is 5.32 Å². The number of anilines is 1. The maximum Gasteiger partial charge on any atom is 0.251 e. The Bertz CT molecular complexity index is 796. The first-order chi connectivity index (χ1) is 13.5. The van der Waals surface area contributed by atoms with Crippen molar-refractivity contribution in [2.45, 2.75) is 46.0 Å². The fourth-order valence-corrected chi connectivity index (χ4v) is 3.47. The van der Waals surface area contributed by atoms with E-state index in [9.17, 15) is 4.79 Å². The lowest BCUT2D eigenvalue weighted by Gasteiger charge is -2.30. The van der Waals surface area contributed by atoms with E-state index >= 15 is 0 Å². The van der Waals surface area contributed by atoms with Gasteiger partial charge in [-0.15, -0.1) is 0 Å². The van der Waals surface area contributed by atoms with Crippen molar-refractivity contribution in [3.8, 4) is 0 Å². The summed E-state index contributed by atoms with van der Waals surface area (Å²) in [7, 11) is 0. The molecule has 28 heavy (non-hydrogen) atoms. The van der Waals surface area contributed by atoms with E-state index in [-0.39, 0.29) is 18.6 Å². The summed E-state index contributed by atoms with van der Waals surface area (Å²) in [5.41, 5.74) is 3.57. The molecule has 0 bridgehead atoms. The molecule has 3 rings (SSSR count). The molecule has 0 saturated carbocycles. The number of allylic oxidation sites excluding steroid dienone is 1. The van der Waals surface area contributed by atoms with Gasteiger partial charge in [0.1, 0.15) is 0 Å². The monoisotopic (exact) mass is 379 g/mol. The molecule has 1 aliphatic carbocycles. The second kappa shape index (κ2) is 9.67.